The van der Waals surface area contributed by atoms with Crippen LogP contribution in [0.1, 0.15) is 5.56 Å². The number of hydrogen-bond acceptors (Lipinski definition) is 4. The van der Waals surface area contributed by atoms with Crippen molar-refractivity contribution in [2.75, 3.05) is 12.8 Å². The molecule has 84 valence electrons. The molecule has 1 aromatic heterocycles. The zero-order valence-electron chi connectivity index (χ0n) is 8.95. The van der Waals surface area contributed by atoms with Crippen molar-refractivity contribution in [3.8, 4) is 17.0 Å². The van der Waals surface area contributed by atoms with Crippen molar-refractivity contribution in [1.82, 2.24) is 5.16 Å². The van der Waals surface area contributed by atoms with Crippen LogP contribution in [-0.2, 0) is 0 Å². The molecule has 0 bridgehead atoms. The van der Waals surface area contributed by atoms with E-state index in [4.69, 9.17) is 26.6 Å². The first-order chi connectivity index (χ1) is 7.63. The van der Waals surface area contributed by atoms with E-state index >= 15 is 0 Å². The van der Waals surface area contributed by atoms with Crippen LogP contribution in [0.4, 0.5) is 5.88 Å². The van der Waals surface area contributed by atoms with E-state index in [9.17, 15) is 0 Å². The van der Waals surface area contributed by atoms with E-state index in [1.165, 1.54) is 0 Å². The first kappa shape index (κ1) is 10.8. The maximum absolute atomic E-state index is 5.88. The number of ether oxygens (including phenoxy) is 1. The molecule has 0 saturated heterocycles. The highest BCUT2D eigenvalue weighted by atomic mass is 35.5. The zero-order valence-corrected chi connectivity index (χ0v) is 9.71. The molecule has 0 radical (unpaired) electrons. The molecule has 5 heteroatoms. The summed E-state index contributed by atoms with van der Waals surface area (Å²) in [7, 11) is 1.58. The number of anilines is 1. The molecule has 0 atom stereocenters. The van der Waals surface area contributed by atoms with Gasteiger partial charge in [-0.05, 0) is 25.1 Å². The van der Waals surface area contributed by atoms with E-state index in [0.717, 1.165) is 11.1 Å². The van der Waals surface area contributed by atoms with Gasteiger partial charge in [0.2, 0.25) is 5.88 Å². The van der Waals surface area contributed by atoms with Gasteiger partial charge in [-0.15, -0.1) is 0 Å². The number of nitrogens with two attached hydrogens (primary N) is 1. The molecule has 1 heterocycles. The Kier molecular flexibility index (Phi) is 2.75. The highest BCUT2D eigenvalue weighted by molar-refractivity contribution is 6.30. The van der Waals surface area contributed by atoms with Crippen LogP contribution in [0.3, 0.4) is 0 Å². The van der Waals surface area contributed by atoms with E-state index in [2.05, 4.69) is 5.16 Å². The fourth-order valence-electron chi connectivity index (χ4n) is 1.46. The first-order valence-electron chi connectivity index (χ1n) is 4.69. The van der Waals surface area contributed by atoms with Crippen LogP contribution < -0.4 is 10.5 Å². The molecule has 0 saturated carbocycles. The van der Waals surface area contributed by atoms with Crippen molar-refractivity contribution in [2.24, 2.45) is 0 Å². The summed E-state index contributed by atoms with van der Waals surface area (Å²) in [5, 5.41) is 4.51. The predicted octanol–water partition coefficient (Wildman–Crippen LogP) is 2.89. The van der Waals surface area contributed by atoms with Crippen molar-refractivity contribution in [3.05, 3.63) is 28.8 Å². The first-order valence-corrected chi connectivity index (χ1v) is 5.07. The maximum atomic E-state index is 5.88. The van der Waals surface area contributed by atoms with Crippen molar-refractivity contribution < 1.29 is 9.26 Å². The van der Waals surface area contributed by atoms with Gasteiger partial charge in [-0.3, -0.25) is 0 Å². The lowest BCUT2D eigenvalue weighted by molar-refractivity contribution is 0.414. The molecule has 0 fully saturated rings. The third-order valence-corrected chi connectivity index (χ3v) is 2.61. The van der Waals surface area contributed by atoms with E-state index in [0.29, 0.717) is 22.4 Å². The minimum Gasteiger partial charge on any atom is -0.496 e. The number of benzene rings is 1. The number of hydrogen-bond donors (Lipinski definition) is 1. The van der Waals surface area contributed by atoms with Gasteiger partial charge < -0.3 is 15.0 Å². The van der Waals surface area contributed by atoms with Crippen LogP contribution in [0, 0.1) is 6.92 Å². The molecular weight excluding hydrogens is 228 g/mol. The van der Waals surface area contributed by atoms with E-state index in [1.54, 1.807) is 19.2 Å². The van der Waals surface area contributed by atoms with Gasteiger partial charge in [-0.25, -0.2) is 0 Å². The lowest BCUT2D eigenvalue weighted by Gasteiger charge is -2.06. The Morgan fingerprint density at radius 3 is 2.75 bits per heavy atom. The van der Waals surface area contributed by atoms with Gasteiger partial charge in [0.05, 0.1) is 7.11 Å². The molecule has 0 spiro atoms. The summed E-state index contributed by atoms with van der Waals surface area (Å²) in [4.78, 5) is 0. The topological polar surface area (TPSA) is 61.3 Å². The number of nitrogens with zero attached hydrogens (tertiary/aromatic N) is 1. The van der Waals surface area contributed by atoms with Gasteiger partial charge in [0.1, 0.15) is 11.4 Å². The van der Waals surface area contributed by atoms with Crippen LogP contribution >= 0.6 is 11.6 Å². The second-order valence-corrected chi connectivity index (χ2v) is 3.80. The Morgan fingerprint density at radius 2 is 2.19 bits per heavy atom. The van der Waals surface area contributed by atoms with Crippen LogP contribution in [0.2, 0.25) is 5.02 Å². The maximum Gasteiger partial charge on any atom is 0.225 e. The molecule has 0 aliphatic rings. The SMILES string of the molecule is COc1cc(Cl)ccc1-c1noc(N)c1C. The van der Waals surface area contributed by atoms with Gasteiger partial charge in [0.15, 0.2) is 0 Å². The molecule has 1 aromatic carbocycles. The third kappa shape index (κ3) is 1.72. The smallest absolute Gasteiger partial charge is 0.225 e. The summed E-state index contributed by atoms with van der Waals surface area (Å²) in [5.74, 6) is 0.955. The van der Waals surface area contributed by atoms with Crippen LogP contribution in [0.5, 0.6) is 5.75 Å². The Balaban J connectivity index is 2.59. The summed E-state index contributed by atoms with van der Waals surface area (Å²) in [6.45, 7) is 1.84. The number of methoxy groups -OCH3 is 1. The molecule has 16 heavy (non-hydrogen) atoms. The van der Waals surface area contributed by atoms with Gasteiger partial charge in [0, 0.05) is 16.1 Å². The van der Waals surface area contributed by atoms with Gasteiger partial charge >= 0.3 is 0 Å². The Labute approximate surface area is 97.9 Å². The van der Waals surface area contributed by atoms with Gasteiger partial charge in [-0.1, -0.05) is 16.8 Å². The summed E-state index contributed by atoms with van der Waals surface area (Å²) >= 11 is 5.88. The fraction of sp³-hybridized carbons (Fsp3) is 0.182. The summed E-state index contributed by atoms with van der Waals surface area (Å²) in [6, 6.07) is 5.32. The molecule has 0 amide bonds. The van der Waals surface area contributed by atoms with Gasteiger partial charge in [0.25, 0.3) is 0 Å². The Hall–Kier alpha value is -1.68. The second kappa shape index (κ2) is 4.06. The summed E-state index contributed by atoms with van der Waals surface area (Å²) in [6.07, 6.45) is 0. The lowest BCUT2D eigenvalue weighted by Crippen LogP contribution is -1.90. The average molecular weight is 239 g/mol. The second-order valence-electron chi connectivity index (χ2n) is 3.37. The van der Waals surface area contributed by atoms with Crippen molar-refractivity contribution >= 4 is 17.5 Å². The normalized spacial score (nSPS) is 10.4. The molecule has 2 rings (SSSR count). The number of nitrogen functional groups attached to an aromatic ring is 1. The zero-order chi connectivity index (χ0) is 11.7. The minimum atomic E-state index is 0.312. The monoisotopic (exact) mass is 238 g/mol. The predicted molar refractivity (Wildman–Crippen MR) is 62.7 cm³/mol. The Bertz CT molecular complexity index is 523. The fourth-order valence-corrected chi connectivity index (χ4v) is 1.62. The lowest BCUT2D eigenvalue weighted by atomic mass is 10.1. The highest BCUT2D eigenvalue weighted by Gasteiger charge is 2.15. The molecule has 0 aliphatic carbocycles. The van der Waals surface area contributed by atoms with Gasteiger partial charge in [-0.2, -0.15) is 0 Å². The van der Waals surface area contributed by atoms with Crippen molar-refractivity contribution in [2.45, 2.75) is 6.92 Å². The summed E-state index contributed by atoms with van der Waals surface area (Å²) < 4.78 is 10.2. The van der Waals surface area contributed by atoms with Crippen LogP contribution in [0.15, 0.2) is 22.7 Å². The molecule has 2 N–H and O–H groups in total. The molecule has 0 aliphatic heterocycles. The number of halogens is 1. The number of rotatable bonds is 2. The molecule has 0 unspecified atom stereocenters. The van der Waals surface area contributed by atoms with Crippen LogP contribution in [-0.4, -0.2) is 12.3 Å². The third-order valence-electron chi connectivity index (χ3n) is 2.38. The van der Waals surface area contributed by atoms with Crippen LogP contribution in [0.25, 0.3) is 11.3 Å². The standard InChI is InChI=1S/C11H11ClN2O2/c1-6-10(14-16-11(6)13)8-4-3-7(12)5-9(8)15-2/h3-5H,13H2,1-2H3. The molecular formula is C11H11ClN2O2. The van der Waals surface area contributed by atoms with E-state index < -0.39 is 0 Å². The largest absolute Gasteiger partial charge is 0.496 e. The highest BCUT2D eigenvalue weighted by Crippen LogP contribution is 2.34. The van der Waals surface area contributed by atoms with Crippen molar-refractivity contribution in [1.29, 1.82) is 0 Å². The minimum absolute atomic E-state index is 0.312. The average Bonchev–Trinajstić information content (AvgIpc) is 2.60. The number of aromatic nitrogens is 1. The molecule has 2 aromatic rings. The van der Waals surface area contributed by atoms with E-state index in [1.807, 2.05) is 13.0 Å². The van der Waals surface area contributed by atoms with Crippen molar-refractivity contribution in [3.63, 3.8) is 0 Å². The Morgan fingerprint density at radius 1 is 1.44 bits per heavy atom. The van der Waals surface area contributed by atoms with E-state index in [-0.39, 0.29) is 0 Å². The quantitative estimate of drug-likeness (QED) is 0.874. The molecule has 4 nitrogen and oxygen atoms in total. The summed E-state index contributed by atoms with van der Waals surface area (Å²) in [5.41, 5.74) is 7.88.